The molecule has 17 nitrogen and oxygen atoms in total. The summed E-state index contributed by atoms with van der Waals surface area (Å²) in [5.74, 6) is 0. The Morgan fingerprint density at radius 2 is 1.42 bits per heavy atom. The molecule has 0 spiro atoms. The SMILES string of the molecule is CC(C)(C)OC(=O)N(CCCO)CCN(Cc1cccc(CNS(=O)(=O)c2ccccc2[N+](=O)[O-])n1)S(=O)(=O)c1ccccc1[N+](=O)[O-]. The predicted molar refractivity (Wildman–Crippen MR) is 172 cm³/mol. The zero-order chi connectivity index (χ0) is 35.7. The third-order valence-corrected chi connectivity index (χ3v) is 9.88. The van der Waals surface area contributed by atoms with Gasteiger partial charge in [0.1, 0.15) is 5.60 Å². The lowest BCUT2D eigenvalue weighted by Gasteiger charge is -2.29. The summed E-state index contributed by atoms with van der Waals surface area (Å²) in [5, 5.41) is 32.4. The van der Waals surface area contributed by atoms with Crippen LogP contribution in [0.5, 0.6) is 0 Å². The molecule has 0 radical (unpaired) electrons. The number of aromatic nitrogens is 1. The van der Waals surface area contributed by atoms with E-state index in [-0.39, 0.29) is 44.0 Å². The molecule has 0 aliphatic carbocycles. The topological polar surface area (TPSA) is 232 Å². The number of aliphatic hydroxyl groups excluding tert-OH is 1. The molecule has 1 amide bonds. The minimum atomic E-state index is -4.60. The molecule has 1 heterocycles. The number of nitrogens with one attached hydrogen (secondary N) is 1. The molecule has 260 valence electrons. The van der Waals surface area contributed by atoms with E-state index in [0.29, 0.717) is 0 Å². The van der Waals surface area contributed by atoms with Gasteiger partial charge in [-0.25, -0.2) is 26.4 Å². The summed E-state index contributed by atoms with van der Waals surface area (Å²) < 4.78 is 62.3. The Morgan fingerprint density at radius 1 is 0.854 bits per heavy atom. The molecule has 0 aliphatic rings. The summed E-state index contributed by atoms with van der Waals surface area (Å²) in [6.07, 6.45) is -0.591. The summed E-state index contributed by atoms with van der Waals surface area (Å²) in [4.78, 5) is 38.8. The van der Waals surface area contributed by atoms with E-state index >= 15 is 0 Å². The Kier molecular flexibility index (Phi) is 12.7. The van der Waals surface area contributed by atoms with Crippen LogP contribution >= 0.6 is 0 Å². The Labute approximate surface area is 277 Å². The highest BCUT2D eigenvalue weighted by Crippen LogP contribution is 2.28. The van der Waals surface area contributed by atoms with Gasteiger partial charge in [0.05, 0.1) is 34.3 Å². The van der Waals surface area contributed by atoms with Crippen LogP contribution in [0, 0.1) is 20.2 Å². The van der Waals surface area contributed by atoms with Crippen LogP contribution in [0.25, 0.3) is 0 Å². The summed E-state index contributed by atoms with van der Waals surface area (Å²) in [5.41, 5.74) is -1.91. The number of benzene rings is 2. The highest BCUT2D eigenvalue weighted by Gasteiger charge is 2.33. The van der Waals surface area contributed by atoms with Crippen molar-refractivity contribution in [2.24, 2.45) is 0 Å². The molecule has 19 heteroatoms. The zero-order valence-electron chi connectivity index (χ0n) is 26.4. The number of para-hydroxylation sites is 2. The molecule has 0 saturated heterocycles. The largest absolute Gasteiger partial charge is 0.444 e. The minimum absolute atomic E-state index is 0.0260. The molecule has 48 heavy (non-hydrogen) atoms. The normalized spacial score (nSPS) is 12.1. The first kappa shape index (κ1) is 37.9. The van der Waals surface area contributed by atoms with Crippen molar-refractivity contribution in [3.63, 3.8) is 0 Å². The lowest BCUT2D eigenvalue weighted by Crippen LogP contribution is -2.43. The van der Waals surface area contributed by atoms with E-state index < -0.39 is 75.8 Å². The standard InChI is InChI=1S/C29H36N6O11S2/c1-29(2,3)46-28(37)32(16-9-19-36)17-18-33(48(44,45)27-15-7-5-13-25(27)35(40)41)21-23-11-8-10-22(31-23)20-30-47(42,43)26-14-6-4-12-24(26)34(38)39/h4-8,10-15,30,36H,9,16-21H2,1-3H3. The van der Waals surface area contributed by atoms with E-state index in [1.165, 1.54) is 47.4 Å². The van der Waals surface area contributed by atoms with Gasteiger partial charge in [0.25, 0.3) is 11.4 Å². The van der Waals surface area contributed by atoms with E-state index in [2.05, 4.69) is 9.71 Å². The molecule has 1 aromatic heterocycles. The van der Waals surface area contributed by atoms with Gasteiger partial charge in [0.15, 0.2) is 9.79 Å². The van der Waals surface area contributed by atoms with Crippen LogP contribution < -0.4 is 4.72 Å². The Hall–Kier alpha value is -4.56. The van der Waals surface area contributed by atoms with Gasteiger partial charge in [-0.05, 0) is 51.5 Å². The minimum Gasteiger partial charge on any atom is -0.444 e. The average Bonchev–Trinajstić information content (AvgIpc) is 3.02. The maximum absolute atomic E-state index is 13.9. The van der Waals surface area contributed by atoms with E-state index in [1.807, 2.05) is 0 Å². The van der Waals surface area contributed by atoms with Crippen LogP contribution in [-0.4, -0.2) is 83.9 Å². The van der Waals surface area contributed by atoms with Crippen LogP contribution in [0.2, 0.25) is 0 Å². The number of hydrogen-bond donors (Lipinski definition) is 2. The molecule has 0 unspecified atom stereocenters. The van der Waals surface area contributed by atoms with Crippen LogP contribution in [0.15, 0.2) is 76.5 Å². The van der Waals surface area contributed by atoms with E-state index in [9.17, 15) is 47.0 Å². The number of nitro groups is 2. The summed E-state index contributed by atoms with van der Waals surface area (Å²) in [7, 11) is -8.96. The lowest BCUT2D eigenvalue weighted by atomic mass is 10.2. The smallest absolute Gasteiger partial charge is 0.410 e. The fourth-order valence-corrected chi connectivity index (χ4v) is 7.07. The van der Waals surface area contributed by atoms with Crippen molar-refractivity contribution >= 4 is 37.5 Å². The van der Waals surface area contributed by atoms with Gasteiger partial charge in [-0.2, -0.15) is 4.31 Å². The first-order valence-electron chi connectivity index (χ1n) is 14.5. The second kappa shape index (κ2) is 16.0. The quantitative estimate of drug-likeness (QED) is 0.161. The van der Waals surface area contributed by atoms with Crippen molar-refractivity contribution in [1.82, 2.24) is 18.9 Å². The average molecular weight is 709 g/mol. The predicted octanol–water partition coefficient (Wildman–Crippen LogP) is 3.19. The first-order valence-corrected chi connectivity index (χ1v) is 17.4. The Balaban J connectivity index is 1.94. The fourth-order valence-electron chi connectivity index (χ4n) is 4.34. The molecular formula is C29H36N6O11S2. The molecular weight excluding hydrogens is 672 g/mol. The fraction of sp³-hybridized carbons (Fsp3) is 0.379. The number of pyridine rings is 1. The molecule has 0 atom stereocenters. The van der Waals surface area contributed by atoms with Crippen molar-refractivity contribution in [3.8, 4) is 0 Å². The van der Waals surface area contributed by atoms with Crippen LogP contribution in [0.3, 0.4) is 0 Å². The number of amides is 1. The molecule has 0 bridgehead atoms. The molecule has 3 aromatic rings. The van der Waals surface area contributed by atoms with Gasteiger partial charge in [-0.3, -0.25) is 25.2 Å². The third-order valence-electron chi connectivity index (χ3n) is 6.53. The number of rotatable bonds is 16. The molecule has 2 N–H and O–H groups in total. The van der Waals surface area contributed by atoms with Gasteiger partial charge in [0, 0.05) is 38.4 Å². The lowest BCUT2D eigenvalue weighted by molar-refractivity contribution is -0.388. The van der Waals surface area contributed by atoms with Crippen molar-refractivity contribution < 1.29 is 41.3 Å². The third kappa shape index (κ3) is 10.2. The van der Waals surface area contributed by atoms with Gasteiger partial charge in [-0.1, -0.05) is 30.3 Å². The van der Waals surface area contributed by atoms with Gasteiger partial charge >= 0.3 is 6.09 Å². The number of nitrogens with zero attached hydrogens (tertiary/aromatic N) is 5. The van der Waals surface area contributed by atoms with E-state index in [4.69, 9.17) is 4.74 Å². The Bertz CT molecular complexity index is 1850. The van der Waals surface area contributed by atoms with Crippen LogP contribution in [0.4, 0.5) is 16.2 Å². The summed E-state index contributed by atoms with van der Waals surface area (Å²) in [6, 6.07) is 14.0. The van der Waals surface area contributed by atoms with Gasteiger partial charge in [-0.15, -0.1) is 0 Å². The van der Waals surface area contributed by atoms with Crippen molar-refractivity contribution in [1.29, 1.82) is 0 Å². The monoisotopic (exact) mass is 708 g/mol. The highest BCUT2D eigenvalue weighted by atomic mass is 32.2. The molecule has 0 fully saturated rings. The number of aliphatic hydroxyl groups is 1. The van der Waals surface area contributed by atoms with Crippen LogP contribution in [-0.2, 0) is 37.9 Å². The molecule has 2 aromatic carbocycles. The number of nitro benzene ring substituents is 2. The number of sulfonamides is 2. The van der Waals surface area contributed by atoms with Gasteiger partial charge in [0.2, 0.25) is 20.0 Å². The molecule has 0 saturated carbocycles. The molecule has 3 rings (SSSR count). The second-order valence-electron chi connectivity index (χ2n) is 11.3. The number of carbonyl (C=O) groups excluding carboxylic acids is 1. The van der Waals surface area contributed by atoms with E-state index in [1.54, 1.807) is 20.8 Å². The number of ether oxygens (including phenoxy) is 1. The highest BCUT2D eigenvalue weighted by molar-refractivity contribution is 7.89. The maximum atomic E-state index is 13.9. The van der Waals surface area contributed by atoms with Crippen molar-refractivity contribution in [3.05, 3.63) is 98.3 Å². The second-order valence-corrected chi connectivity index (χ2v) is 14.9. The maximum Gasteiger partial charge on any atom is 0.410 e. The van der Waals surface area contributed by atoms with E-state index in [0.717, 1.165) is 28.6 Å². The summed E-state index contributed by atoms with van der Waals surface area (Å²) >= 11 is 0. The Morgan fingerprint density at radius 3 is 2.00 bits per heavy atom. The first-order chi connectivity index (χ1) is 22.5. The van der Waals surface area contributed by atoms with Crippen LogP contribution in [0.1, 0.15) is 38.6 Å². The van der Waals surface area contributed by atoms with Gasteiger partial charge < -0.3 is 14.7 Å². The summed E-state index contributed by atoms with van der Waals surface area (Å²) in [6.45, 7) is 3.29. The number of carbonyl (C=O) groups is 1. The molecule has 0 aliphatic heterocycles. The number of hydrogen-bond acceptors (Lipinski definition) is 12. The van der Waals surface area contributed by atoms with Crippen molar-refractivity contribution in [2.75, 3.05) is 26.2 Å². The van der Waals surface area contributed by atoms with Crippen molar-refractivity contribution in [2.45, 2.75) is 55.7 Å². The zero-order valence-corrected chi connectivity index (χ0v) is 28.0.